The first-order valence-corrected chi connectivity index (χ1v) is 5.79. The molecule has 0 aliphatic heterocycles. The van der Waals surface area contributed by atoms with E-state index in [0.29, 0.717) is 16.6 Å². The summed E-state index contributed by atoms with van der Waals surface area (Å²) in [7, 11) is 0. The second kappa shape index (κ2) is 5.97. The van der Waals surface area contributed by atoms with Gasteiger partial charge in [0.15, 0.2) is 0 Å². The van der Waals surface area contributed by atoms with Crippen molar-refractivity contribution in [2.45, 2.75) is 19.9 Å². The number of urea groups is 1. The van der Waals surface area contributed by atoms with Crippen LogP contribution in [0.4, 0.5) is 4.79 Å². The maximum Gasteiger partial charge on any atom is 0.315 e. The maximum absolute atomic E-state index is 11.3. The molecule has 0 saturated carbocycles. The van der Waals surface area contributed by atoms with E-state index in [9.17, 15) is 4.79 Å². The van der Waals surface area contributed by atoms with Crippen LogP contribution in [-0.4, -0.2) is 12.6 Å². The first kappa shape index (κ1) is 13.1. The summed E-state index contributed by atoms with van der Waals surface area (Å²) in [5.74, 6) is 0. The molecule has 1 atom stereocenters. The Labute approximate surface area is 105 Å². The van der Waals surface area contributed by atoms with Crippen LogP contribution >= 0.6 is 23.2 Å². The van der Waals surface area contributed by atoms with E-state index in [1.54, 1.807) is 12.1 Å². The molecule has 3 nitrogen and oxygen atoms in total. The van der Waals surface area contributed by atoms with E-state index < -0.39 is 0 Å². The van der Waals surface area contributed by atoms with Crippen molar-refractivity contribution in [1.82, 2.24) is 10.6 Å². The Kier molecular flexibility index (Phi) is 4.90. The fraction of sp³-hybridized carbons (Fsp3) is 0.364. The lowest BCUT2D eigenvalue weighted by Crippen LogP contribution is -2.36. The lowest BCUT2D eigenvalue weighted by molar-refractivity contribution is 0.238. The van der Waals surface area contributed by atoms with Gasteiger partial charge >= 0.3 is 6.03 Å². The highest BCUT2D eigenvalue weighted by atomic mass is 35.5. The molecule has 16 heavy (non-hydrogen) atoms. The van der Waals surface area contributed by atoms with Gasteiger partial charge in [-0.1, -0.05) is 29.3 Å². The smallest absolute Gasteiger partial charge is 0.315 e. The predicted octanol–water partition coefficient (Wildman–Crippen LogP) is 3.37. The largest absolute Gasteiger partial charge is 0.338 e. The molecular formula is C11H14Cl2N2O. The van der Waals surface area contributed by atoms with Crippen LogP contribution in [-0.2, 0) is 0 Å². The summed E-state index contributed by atoms with van der Waals surface area (Å²) in [6, 6.07) is 4.85. The summed E-state index contributed by atoms with van der Waals surface area (Å²) in [4.78, 5) is 11.3. The van der Waals surface area contributed by atoms with Gasteiger partial charge in [-0.3, -0.25) is 0 Å². The van der Waals surface area contributed by atoms with Crippen LogP contribution < -0.4 is 10.6 Å². The van der Waals surface area contributed by atoms with Crippen molar-refractivity contribution in [1.29, 1.82) is 0 Å². The average Bonchev–Trinajstić information content (AvgIpc) is 2.17. The van der Waals surface area contributed by atoms with E-state index in [0.717, 1.165) is 5.56 Å². The molecule has 2 N–H and O–H groups in total. The van der Waals surface area contributed by atoms with Crippen molar-refractivity contribution in [3.8, 4) is 0 Å². The summed E-state index contributed by atoms with van der Waals surface area (Å²) in [6.45, 7) is 4.32. The molecule has 0 aliphatic carbocycles. The molecule has 1 rings (SSSR count). The van der Waals surface area contributed by atoms with Crippen molar-refractivity contribution in [2.75, 3.05) is 6.54 Å². The molecule has 2 amide bonds. The Morgan fingerprint density at radius 2 is 2.12 bits per heavy atom. The van der Waals surface area contributed by atoms with Gasteiger partial charge in [-0.15, -0.1) is 0 Å². The van der Waals surface area contributed by atoms with Gasteiger partial charge in [-0.05, 0) is 31.5 Å². The molecule has 0 bridgehead atoms. The lowest BCUT2D eigenvalue weighted by Gasteiger charge is -2.16. The van der Waals surface area contributed by atoms with Crippen molar-refractivity contribution in [3.05, 3.63) is 33.8 Å². The zero-order valence-corrected chi connectivity index (χ0v) is 10.7. The molecule has 0 heterocycles. The third-order valence-corrected chi connectivity index (χ3v) is 2.68. The van der Waals surface area contributed by atoms with E-state index in [-0.39, 0.29) is 12.1 Å². The normalized spacial score (nSPS) is 12.0. The minimum atomic E-state index is -0.207. The molecule has 0 unspecified atom stereocenters. The molecule has 88 valence electrons. The van der Waals surface area contributed by atoms with E-state index in [2.05, 4.69) is 10.6 Å². The Bertz CT molecular complexity index is 382. The van der Waals surface area contributed by atoms with E-state index in [1.165, 1.54) is 0 Å². The minimum absolute atomic E-state index is 0.156. The van der Waals surface area contributed by atoms with E-state index in [1.807, 2.05) is 19.9 Å². The van der Waals surface area contributed by atoms with E-state index in [4.69, 9.17) is 23.2 Å². The van der Waals surface area contributed by atoms with Gasteiger partial charge in [-0.25, -0.2) is 4.79 Å². The van der Waals surface area contributed by atoms with Crippen LogP contribution in [0.2, 0.25) is 10.0 Å². The molecule has 0 aliphatic rings. The molecule has 0 spiro atoms. The average molecular weight is 261 g/mol. The zero-order valence-electron chi connectivity index (χ0n) is 9.18. The van der Waals surface area contributed by atoms with Gasteiger partial charge in [0.1, 0.15) is 0 Å². The van der Waals surface area contributed by atoms with Gasteiger partial charge in [0, 0.05) is 16.6 Å². The Hall–Kier alpha value is -0.930. The van der Waals surface area contributed by atoms with Crippen LogP contribution in [0.25, 0.3) is 0 Å². The number of hydrogen-bond donors (Lipinski definition) is 2. The van der Waals surface area contributed by atoms with Crippen LogP contribution in [0.3, 0.4) is 0 Å². The number of nitrogens with one attached hydrogen (secondary N) is 2. The Morgan fingerprint density at radius 3 is 2.69 bits per heavy atom. The molecular weight excluding hydrogens is 247 g/mol. The van der Waals surface area contributed by atoms with Gasteiger partial charge in [0.05, 0.1) is 6.04 Å². The molecule has 1 aromatic carbocycles. The monoisotopic (exact) mass is 260 g/mol. The van der Waals surface area contributed by atoms with Crippen molar-refractivity contribution in [2.24, 2.45) is 0 Å². The standard InChI is InChI=1S/C11H14Cl2N2O/c1-3-14-11(16)15-7(2)9-5-4-8(12)6-10(9)13/h4-7H,3H2,1-2H3,(H2,14,15,16)/t7-/m1/s1. The quantitative estimate of drug-likeness (QED) is 0.860. The van der Waals surface area contributed by atoms with Crippen molar-refractivity contribution in [3.63, 3.8) is 0 Å². The number of hydrogen-bond acceptors (Lipinski definition) is 1. The number of carbonyl (C=O) groups is 1. The Morgan fingerprint density at radius 1 is 1.44 bits per heavy atom. The van der Waals surface area contributed by atoms with E-state index >= 15 is 0 Å². The Balaban J connectivity index is 2.72. The van der Waals surface area contributed by atoms with Gasteiger partial charge in [0.25, 0.3) is 0 Å². The van der Waals surface area contributed by atoms with Crippen LogP contribution in [0, 0.1) is 0 Å². The minimum Gasteiger partial charge on any atom is -0.338 e. The highest BCUT2D eigenvalue weighted by molar-refractivity contribution is 6.35. The number of benzene rings is 1. The molecule has 5 heteroatoms. The summed E-state index contributed by atoms with van der Waals surface area (Å²) in [5, 5.41) is 6.57. The summed E-state index contributed by atoms with van der Waals surface area (Å²) in [5.41, 5.74) is 0.845. The molecule has 0 fully saturated rings. The third kappa shape index (κ3) is 3.58. The maximum atomic E-state index is 11.3. The SMILES string of the molecule is CCNC(=O)N[C@H](C)c1ccc(Cl)cc1Cl. The first-order valence-electron chi connectivity index (χ1n) is 5.04. The highest BCUT2D eigenvalue weighted by Gasteiger charge is 2.12. The number of rotatable bonds is 3. The van der Waals surface area contributed by atoms with Crippen molar-refractivity contribution >= 4 is 29.2 Å². The zero-order chi connectivity index (χ0) is 12.1. The molecule has 0 radical (unpaired) electrons. The number of carbonyl (C=O) groups excluding carboxylic acids is 1. The summed E-state index contributed by atoms with van der Waals surface area (Å²) in [6.07, 6.45) is 0. The van der Waals surface area contributed by atoms with Gasteiger partial charge in [-0.2, -0.15) is 0 Å². The summed E-state index contributed by atoms with van der Waals surface area (Å²) >= 11 is 11.8. The number of halogens is 2. The van der Waals surface area contributed by atoms with Crippen LogP contribution in [0.5, 0.6) is 0 Å². The van der Waals surface area contributed by atoms with Gasteiger partial charge < -0.3 is 10.6 Å². The summed E-state index contributed by atoms with van der Waals surface area (Å²) < 4.78 is 0. The van der Waals surface area contributed by atoms with Crippen LogP contribution in [0.1, 0.15) is 25.5 Å². The van der Waals surface area contributed by atoms with Gasteiger partial charge in [0.2, 0.25) is 0 Å². The fourth-order valence-corrected chi connectivity index (χ4v) is 1.91. The molecule has 0 aromatic heterocycles. The topological polar surface area (TPSA) is 41.1 Å². The lowest BCUT2D eigenvalue weighted by atomic mass is 10.1. The fourth-order valence-electron chi connectivity index (χ4n) is 1.34. The number of amides is 2. The third-order valence-electron chi connectivity index (χ3n) is 2.11. The second-order valence-electron chi connectivity index (χ2n) is 3.39. The highest BCUT2D eigenvalue weighted by Crippen LogP contribution is 2.25. The first-order chi connectivity index (χ1) is 7.54. The molecule has 1 aromatic rings. The predicted molar refractivity (Wildman–Crippen MR) is 67.1 cm³/mol. The van der Waals surface area contributed by atoms with Crippen LogP contribution in [0.15, 0.2) is 18.2 Å². The molecule has 0 saturated heterocycles. The second-order valence-corrected chi connectivity index (χ2v) is 4.23. The van der Waals surface area contributed by atoms with Crippen molar-refractivity contribution < 1.29 is 4.79 Å².